The minimum absolute atomic E-state index is 0.511. The number of aromatic nitrogens is 3. The largest absolute Gasteiger partial charge is 0.496 e. The van der Waals surface area contributed by atoms with E-state index in [9.17, 15) is 0 Å². The first-order valence-electron chi connectivity index (χ1n) is 11.9. The van der Waals surface area contributed by atoms with Gasteiger partial charge in [-0.25, -0.2) is 15.0 Å². The minimum Gasteiger partial charge on any atom is -0.496 e. The van der Waals surface area contributed by atoms with Crippen molar-refractivity contribution in [1.29, 1.82) is 0 Å². The van der Waals surface area contributed by atoms with Gasteiger partial charge in [0.25, 0.3) is 0 Å². The van der Waals surface area contributed by atoms with Crippen molar-refractivity contribution in [1.82, 2.24) is 19.9 Å². The molecule has 0 spiro atoms. The minimum atomic E-state index is 0.511. The predicted octanol–water partition coefficient (Wildman–Crippen LogP) is 4.24. The summed E-state index contributed by atoms with van der Waals surface area (Å²) in [5.74, 6) is 2.66. The maximum Gasteiger partial charge on any atom is 0.129 e. The molecule has 2 fully saturated rings. The van der Waals surface area contributed by atoms with Crippen LogP contribution in [0.4, 0.5) is 11.6 Å². The molecule has 3 aromatic rings. The van der Waals surface area contributed by atoms with Crippen LogP contribution in [0.1, 0.15) is 31.2 Å². The summed E-state index contributed by atoms with van der Waals surface area (Å²) in [4.78, 5) is 16.1. The van der Waals surface area contributed by atoms with Crippen LogP contribution in [-0.2, 0) is 6.42 Å². The first-order valence-corrected chi connectivity index (χ1v) is 11.9. The van der Waals surface area contributed by atoms with Crippen LogP contribution in [0.5, 0.6) is 5.75 Å². The molecule has 7 heteroatoms. The zero-order valence-electron chi connectivity index (χ0n) is 19.2. The van der Waals surface area contributed by atoms with Crippen molar-refractivity contribution < 1.29 is 4.74 Å². The number of para-hydroxylation sites is 1. The van der Waals surface area contributed by atoms with Gasteiger partial charge >= 0.3 is 0 Å². The van der Waals surface area contributed by atoms with E-state index in [1.54, 1.807) is 13.4 Å². The Balaban J connectivity index is 1.15. The zero-order valence-corrected chi connectivity index (χ0v) is 19.2. The van der Waals surface area contributed by atoms with Crippen LogP contribution in [0.25, 0.3) is 11.3 Å². The van der Waals surface area contributed by atoms with Crippen molar-refractivity contribution in [2.45, 2.75) is 44.2 Å². The van der Waals surface area contributed by atoms with Crippen LogP contribution in [-0.4, -0.2) is 58.7 Å². The molecule has 2 N–H and O–H groups in total. The van der Waals surface area contributed by atoms with Crippen LogP contribution in [0.15, 0.2) is 55.0 Å². The summed E-state index contributed by atoms with van der Waals surface area (Å²) in [6.07, 6.45) is 9.51. The number of pyridine rings is 1. The molecular formula is C26H32N6O. The number of benzene rings is 1. The van der Waals surface area contributed by atoms with Crippen LogP contribution in [0.2, 0.25) is 0 Å². The third-order valence-electron chi connectivity index (χ3n) is 6.56. The molecule has 172 valence electrons. The molecule has 33 heavy (non-hydrogen) atoms. The van der Waals surface area contributed by atoms with Crippen molar-refractivity contribution in [2.24, 2.45) is 0 Å². The van der Waals surface area contributed by atoms with Gasteiger partial charge in [-0.3, -0.25) is 0 Å². The Morgan fingerprint density at radius 2 is 1.82 bits per heavy atom. The third kappa shape index (κ3) is 5.60. The maximum atomic E-state index is 5.43. The standard InChI is InChI=1S/C26H32N6O/c1-33-24-5-3-2-4-19(24)10-13-27-26-16-23(29-18-30-26)20-6-9-25(28-17-20)31-21-11-14-32(15-12-21)22-7-8-22/h2-6,9,16-18,21-22H,7-8,10-15H2,1H3,(H,28,31)(H,27,29,30). The van der Waals surface area contributed by atoms with Gasteiger partial charge in [0.2, 0.25) is 0 Å². The van der Waals surface area contributed by atoms with E-state index in [1.165, 1.54) is 44.3 Å². The highest BCUT2D eigenvalue weighted by molar-refractivity contribution is 5.62. The number of nitrogens with zero attached hydrogens (tertiary/aromatic N) is 4. The number of likely N-dealkylation sites (tertiary alicyclic amines) is 1. The first-order chi connectivity index (χ1) is 16.3. The molecule has 2 aliphatic rings. The summed E-state index contributed by atoms with van der Waals surface area (Å²) in [6.45, 7) is 3.17. The van der Waals surface area contributed by atoms with Crippen LogP contribution in [0.3, 0.4) is 0 Å². The lowest BCUT2D eigenvalue weighted by Crippen LogP contribution is -2.40. The summed E-state index contributed by atoms with van der Waals surface area (Å²) in [5.41, 5.74) is 3.02. The van der Waals surface area contributed by atoms with Crippen LogP contribution >= 0.6 is 0 Å². The Morgan fingerprint density at radius 3 is 2.58 bits per heavy atom. The number of piperidine rings is 1. The second-order valence-electron chi connectivity index (χ2n) is 8.89. The lowest BCUT2D eigenvalue weighted by molar-refractivity contribution is 0.210. The fourth-order valence-electron chi connectivity index (χ4n) is 4.54. The third-order valence-corrected chi connectivity index (χ3v) is 6.56. The van der Waals surface area contributed by atoms with Crippen molar-refractivity contribution in [3.63, 3.8) is 0 Å². The van der Waals surface area contributed by atoms with Gasteiger partial charge < -0.3 is 20.3 Å². The average Bonchev–Trinajstić information content (AvgIpc) is 3.71. The Hall–Kier alpha value is -3.19. The van der Waals surface area contributed by atoms with Gasteiger partial charge in [-0.1, -0.05) is 18.2 Å². The highest BCUT2D eigenvalue weighted by Crippen LogP contribution is 2.30. The summed E-state index contributed by atoms with van der Waals surface area (Å²) in [6, 6.07) is 15.6. The molecule has 1 saturated carbocycles. The molecule has 0 atom stereocenters. The zero-order chi connectivity index (χ0) is 22.5. The number of methoxy groups -OCH3 is 1. The molecule has 2 aromatic heterocycles. The fraction of sp³-hybridized carbons (Fsp3) is 0.423. The van der Waals surface area contributed by atoms with Gasteiger partial charge in [0, 0.05) is 49.5 Å². The highest BCUT2D eigenvalue weighted by atomic mass is 16.5. The highest BCUT2D eigenvalue weighted by Gasteiger charge is 2.31. The van der Waals surface area contributed by atoms with Gasteiger partial charge in [0.1, 0.15) is 23.7 Å². The molecule has 0 amide bonds. The van der Waals surface area contributed by atoms with Crippen LogP contribution in [0, 0.1) is 0 Å². The Bertz CT molecular complexity index is 1040. The number of hydrogen-bond acceptors (Lipinski definition) is 7. The first kappa shape index (κ1) is 21.6. The normalized spacial score (nSPS) is 17.0. The van der Waals surface area contributed by atoms with Crippen molar-refractivity contribution in [3.05, 3.63) is 60.6 Å². The molecule has 1 aliphatic carbocycles. The SMILES string of the molecule is COc1ccccc1CCNc1cc(-c2ccc(NC3CCN(C4CC4)CC3)nc2)ncn1. The molecule has 0 bridgehead atoms. The van der Waals surface area contributed by atoms with Gasteiger partial charge in [-0.2, -0.15) is 0 Å². The average molecular weight is 445 g/mol. The number of hydrogen-bond donors (Lipinski definition) is 2. The Morgan fingerprint density at radius 1 is 0.970 bits per heavy atom. The van der Waals surface area contributed by atoms with Gasteiger partial charge in [0.05, 0.1) is 12.8 Å². The van der Waals surface area contributed by atoms with E-state index < -0.39 is 0 Å². The maximum absolute atomic E-state index is 5.43. The van der Waals surface area contributed by atoms with Gasteiger partial charge in [-0.15, -0.1) is 0 Å². The summed E-state index contributed by atoms with van der Waals surface area (Å²) >= 11 is 0. The summed E-state index contributed by atoms with van der Waals surface area (Å²) < 4.78 is 5.43. The number of nitrogens with one attached hydrogen (secondary N) is 2. The lowest BCUT2D eigenvalue weighted by Gasteiger charge is -2.32. The second kappa shape index (κ2) is 10.2. The van der Waals surface area contributed by atoms with Gasteiger partial charge in [0.15, 0.2) is 0 Å². The number of anilines is 2. The summed E-state index contributed by atoms with van der Waals surface area (Å²) in [5, 5.41) is 7.00. The monoisotopic (exact) mass is 444 g/mol. The Kier molecular flexibility index (Phi) is 6.67. The second-order valence-corrected chi connectivity index (χ2v) is 8.89. The number of ether oxygens (including phenoxy) is 1. The number of rotatable bonds is 9. The quantitative estimate of drug-likeness (QED) is 0.511. The topological polar surface area (TPSA) is 75.2 Å². The van der Waals surface area contributed by atoms with Crippen molar-refractivity contribution >= 4 is 11.6 Å². The van der Waals surface area contributed by atoms with Crippen molar-refractivity contribution in [3.8, 4) is 17.0 Å². The molecule has 3 heterocycles. The van der Waals surface area contributed by atoms with E-state index in [1.807, 2.05) is 30.5 Å². The van der Waals surface area contributed by atoms with Crippen LogP contribution < -0.4 is 15.4 Å². The molecule has 7 nitrogen and oxygen atoms in total. The van der Waals surface area contributed by atoms with E-state index in [-0.39, 0.29) is 0 Å². The molecular weight excluding hydrogens is 412 g/mol. The Labute approximate surface area is 195 Å². The van der Waals surface area contributed by atoms with E-state index in [4.69, 9.17) is 4.74 Å². The predicted molar refractivity (Wildman–Crippen MR) is 132 cm³/mol. The van der Waals surface area contributed by atoms with E-state index in [0.717, 1.165) is 47.7 Å². The van der Waals surface area contributed by atoms with E-state index in [2.05, 4.69) is 48.7 Å². The molecule has 1 aliphatic heterocycles. The smallest absolute Gasteiger partial charge is 0.129 e. The molecule has 1 aromatic carbocycles. The molecule has 1 saturated heterocycles. The van der Waals surface area contributed by atoms with E-state index >= 15 is 0 Å². The van der Waals surface area contributed by atoms with Crippen molar-refractivity contribution in [2.75, 3.05) is 37.4 Å². The summed E-state index contributed by atoms with van der Waals surface area (Å²) in [7, 11) is 1.70. The van der Waals surface area contributed by atoms with Gasteiger partial charge in [-0.05, 0) is 55.9 Å². The molecule has 0 unspecified atom stereocenters. The van der Waals surface area contributed by atoms with E-state index in [0.29, 0.717) is 6.04 Å². The fourth-order valence-corrected chi connectivity index (χ4v) is 4.54. The molecule has 0 radical (unpaired) electrons. The molecule has 5 rings (SSSR count). The lowest BCUT2D eigenvalue weighted by atomic mass is 10.0.